The van der Waals surface area contributed by atoms with Gasteiger partial charge in [0.15, 0.2) is 0 Å². The Balaban J connectivity index is 3.34. The molecule has 0 aromatic rings. The zero-order chi connectivity index (χ0) is 15.1. The van der Waals surface area contributed by atoms with Crippen LogP contribution in [0.5, 0.6) is 0 Å². The van der Waals surface area contributed by atoms with Gasteiger partial charge in [0.2, 0.25) is 0 Å². The molecule has 0 radical (unpaired) electrons. The molecule has 0 N–H and O–H groups in total. The van der Waals surface area contributed by atoms with E-state index < -0.39 is 0 Å². The van der Waals surface area contributed by atoms with Gasteiger partial charge in [-0.3, -0.25) is 0 Å². The van der Waals surface area contributed by atoms with Gasteiger partial charge in [-0.05, 0) is 58.1 Å². The van der Waals surface area contributed by atoms with Crippen LogP contribution in [0.1, 0.15) is 84.5 Å². The van der Waals surface area contributed by atoms with E-state index in [1.165, 1.54) is 69.8 Å². The van der Waals surface area contributed by atoms with Crippen LogP contribution in [0.25, 0.3) is 0 Å². The number of hydrogen-bond donors (Lipinski definition) is 0. The quantitative estimate of drug-likeness (QED) is 0.209. The van der Waals surface area contributed by atoms with Crippen molar-refractivity contribution in [3.8, 4) is 11.8 Å². The van der Waals surface area contributed by atoms with E-state index in [-0.39, 0.29) is 0 Å². The van der Waals surface area contributed by atoms with Crippen molar-refractivity contribution in [2.24, 2.45) is 0 Å². The first kappa shape index (κ1) is 19.7. The predicted octanol–water partition coefficient (Wildman–Crippen LogP) is 6.61. The highest BCUT2D eigenvalue weighted by atomic mass is 32.2. The van der Waals surface area contributed by atoms with Crippen LogP contribution in [0.4, 0.5) is 0 Å². The Morgan fingerprint density at radius 2 is 1.70 bits per heavy atom. The van der Waals surface area contributed by atoms with Crippen LogP contribution in [0.15, 0.2) is 12.2 Å². The van der Waals surface area contributed by atoms with Crippen LogP contribution >= 0.6 is 11.8 Å². The minimum atomic E-state index is 0.870. The molecule has 0 rings (SSSR count). The number of unbranched alkanes of at least 4 members (excludes halogenated alkanes) is 5. The molecule has 0 amide bonds. The van der Waals surface area contributed by atoms with Gasteiger partial charge in [-0.1, -0.05) is 38.3 Å². The van der Waals surface area contributed by atoms with Crippen molar-refractivity contribution in [2.45, 2.75) is 89.7 Å². The minimum Gasteiger partial charge on any atom is -0.162 e. The smallest absolute Gasteiger partial charge is 0.00885 e. The van der Waals surface area contributed by atoms with Gasteiger partial charge in [0.05, 0.1) is 0 Å². The Labute approximate surface area is 132 Å². The summed E-state index contributed by atoms with van der Waals surface area (Å²) in [6, 6.07) is 0. The monoisotopic (exact) mass is 294 g/mol. The summed E-state index contributed by atoms with van der Waals surface area (Å²) in [5.74, 6) is 6.09. The number of hydrogen-bond acceptors (Lipinski definition) is 1. The van der Waals surface area contributed by atoms with Gasteiger partial charge < -0.3 is 0 Å². The van der Waals surface area contributed by atoms with Crippen molar-refractivity contribution < 1.29 is 0 Å². The molecule has 0 bridgehead atoms. The molecule has 1 atom stereocenters. The summed E-state index contributed by atoms with van der Waals surface area (Å²) in [5.41, 5.74) is 1.47. The Bertz CT molecular complexity index is 278. The van der Waals surface area contributed by atoms with Gasteiger partial charge in [0.25, 0.3) is 0 Å². The molecule has 0 saturated heterocycles. The molecule has 0 nitrogen and oxygen atoms in total. The highest BCUT2D eigenvalue weighted by Gasteiger charge is 2.03. The summed E-state index contributed by atoms with van der Waals surface area (Å²) in [6.45, 7) is 8.45. The Hall–Kier alpha value is -0.350. The third-order valence-electron chi connectivity index (χ3n) is 3.85. The van der Waals surface area contributed by atoms with Crippen LogP contribution < -0.4 is 0 Å². The van der Waals surface area contributed by atoms with E-state index in [2.05, 4.69) is 31.6 Å². The van der Waals surface area contributed by atoms with E-state index in [0.29, 0.717) is 0 Å². The zero-order valence-corrected chi connectivity index (χ0v) is 14.8. The molecule has 20 heavy (non-hydrogen) atoms. The lowest BCUT2D eigenvalue weighted by Gasteiger charge is -2.11. The fourth-order valence-corrected chi connectivity index (χ4v) is 3.16. The molecule has 0 unspecified atom stereocenters. The van der Waals surface area contributed by atoms with Crippen LogP contribution in [0.2, 0.25) is 0 Å². The molecule has 0 aromatic heterocycles. The molecule has 0 saturated carbocycles. The second-order valence-corrected chi connectivity index (χ2v) is 6.74. The van der Waals surface area contributed by atoms with Crippen molar-refractivity contribution in [1.29, 1.82) is 0 Å². The SMILES string of the molecule is C=C(CCCCCCC#CC)CCCC[C@H](CC)SC. The molecule has 0 heterocycles. The Morgan fingerprint density at radius 3 is 2.30 bits per heavy atom. The molecular formula is C19H34S. The van der Waals surface area contributed by atoms with Gasteiger partial charge in [-0.2, -0.15) is 11.8 Å². The van der Waals surface area contributed by atoms with Crippen molar-refractivity contribution in [2.75, 3.05) is 6.26 Å². The van der Waals surface area contributed by atoms with Gasteiger partial charge in [-0.25, -0.2) is 0 Å². The van der Waals surface area contributed by atoms with Gasteiger partial charge in [0.1, 0.15) is 0 Å². The second-order valence-electron chi connectivity index (χ2n) is 5.60. The van der Waals surface area contributed by atoms with Crippen molar-refractivity contribution in [3.05, 3.63) is 12.2 Å². The average Bonchev–Trinajstić information content (AvgIpc) is 2.46. The summed E-state index contributed by atoms with van der Waals surface area (Å²) in [7, 11) is 0. The number of allylic oxidation sites excluding steroid dienone is 1. The highest BCUT2D eigenvalue weighted by Crippen LogP contribution is 2.20. The first-order valence-corrected chi connectivity index (χ1v) is 9.62. The van der Waals surface area contributed by atoms with E-state index >= 15 is 0 Å². The minimum absolute atomic E-state index is 0.870. The summed E-state index contributed by atoms with van der Waals surface area (Å²) in [4.78, 5) is 0. The maximum atomic E-state index is 4.23. The van der Waals surface area contributed by atoms with E-state index in [9.17, 15) is 0 Å². The average molecular weight is 295 g/mol. The molecule has 0 aromatic carbocycles. The summed E-state index contributed by atoms with van der Waals surface area (Å²) in [5, 5.41) is 0.870. The lowest BCUT2D eigenvalue weighted by Crippen LogP contribution is -1.99. The fourth-order valence-electron chi connectivity index (χ4n) is 2.43. The summed E-state index contributed by atoms with van der Waals surface area (Å²) < 4.78 is 0. The van der Waals surface area contributed by atoms with E-state index in [0.717, 1.165) is 11.7 Å². The first-order valence-electron chi connectivity index (χ1n) is 8.33. The Morgan fingerprint density at radius 1 is 1.05 bits per heavy atom. The third-order valence-corrected chi connectivity index (χ3v) is 5.09. The molecule has 0 spiro atoms. The topological polar surface area (TPSA) is 0 Å². The predicted molar refractivity (Wildman–Crippen MR) is 96.4 cm³/mol. The van der Waals surface area contributed by atoms with E-state index in [1.807, 2.05) is 18.7 Å². The maximum absolute atomic E-state index is 4.23. The zero-order valence-electron chi connectivity index (χ0n) is 14.0. The first-order chi connectivity index (χ1) is 9.74. The van der Waals surface area contributed by atoms with Crippen LogP contribution in [0.3, 0.4) is 0 Å². The van der Waals surface area contributed by atoms with Crippen LogP contribution in [0, 0.1) is 11.8 Å². The fraction of sp³-hybridized carbons (Fsp3) is 0.789. The maximum Gasteiger partial charge on any atom is 0.00885 e. The number of rotatable bonds is 13. The van der Waals surface area contributed by atoms with Crippen molar-refractivity contribution >= 4 is 11.8 Å². The van der Waals surface area contributed by atoms with Gasteiger partial charge >= 0.3 is 0 Å². The molecule has 1 heteroatoms. The Kier molecular flexibility index (Phi) is 14.8. The van der Waals surface area contributed by atoms with Crippen LogP contribution in [-0.2, 0) is 0 Å². The molecule has 116 valence electrons. The standard InChI is InChI=1S/C19H34S/c1-5-7-8-9-10-11-12-15-18(3)16-13-14-17-19(6-2)20-4/h19H,3,6,8-17H2,1-2,4H3/t19-/m0/s1. The summed E-state index contributed by atoms with van der Waals surface area (Å²) >= 11 is 2.02. The third kappa shape index (κ3) is 12.7. The lowest BCUT2D eigenvalue weighted by atomic mass is 10.0. The largest absolute Gasteiger partial charge is 0.162 e. The molecule has 0 aliphatic carbocycles. The molecular weight excluding hydrogens is 260 g/mol. The number of thioether (sulfide) groups is 1. The molecule has 0 aliphatic heterocycles. The van der Waals surface area contributed by atoms with Crippen LogP contribution in [-0.4, -0.2) is 11.5 Å². The summed E-state index contributed by atoms with van der Waals surface area (Å²) in [6.07, 6.45) is 16.4. The normalized spacial score (nSPS) is 11.8. The van der Waals surface area contributed by atoms with E-state index in [1.54, 1.807) is 0 Å². The second kappa shape index (κ2) is 15.0. The van der Waals surface area contributed by atoms with E-state index in [4.69, 9.17) is 0 Å². The molecule has 0 aliphatic rings. The molecule has 0 fully saturated rings. The van der Waals surface area contributed by atoms with Gasteiger partial charge in [0, 0.05) is 11.7 Å². The lowest BCUT2D eigenvalue weighted by molar-refractivity contribution is 0.612. The highest BCUT2D eigenvalue weighted by molar-refractivity contribution is 7.99. The van der Waals surface area contributed by atoms with Gasteiger partial charge in [-0.15, -0.1) is 11.8 Å². The van der Waals surface area contributed by atoms with Crippen molar-refractivity contribution in [1.82, 2.24) is 0 Å². The van der Waals surface area contributed by atoms with Crippen molar-refractivity contribution in [3.63, 3.8) is 0 Å².